The third-order valence-corrected chi connectivity index (χ3v) is 5.05. The van der Waals surface area contributed by atoms with Gasteiger partial charge in [-0.05, 0) is 6.07 Å². The zero-order valence-electron chi connectivity index (χ0n) is 19.3. The van der Waals surface area contributed by atoms with Gasteiger partial charge in [-0.25, -0.2) is 4.79 Å². The van der Waals surface area contributed by atoms with Gasteiger partial charge in [0, 0.05) is 23.1 Å². The Morgan fingerprint density at radius 3 is 1.90 bits per heavy atom. The zero-order chi connectivity index (χ0) is 22.4. The molecule has 0 unspecified atom stereocenters. The number of hydrogen-bond acceptors (Lipinski definition) is 3. The molecule has 162 valence electrons. The van der Waals surface area contributed by atoms with Crippen LogP contribution in [0.5, 0.6) is 0 Å². The predicted octanol–water partition coefficient (Wildman–Crippen LogP) is 3.92. The molecule has 2 aromatic carbocycles. The lowest BCUT2D eigenvalue weighted by Crippen LogP contribution is -2.42. The average Bonchev–Trinajstić information content (AvgIpc) is 2.66. The maximum Gasteiger partial charge on any atom is 0.338 e. The minimum absolute atomic E-state index is 0.158. The summed E-state index contributed by atoms with van der Waals surface area (Å²) < 4.78 is 6.99. The second-order valence-corrected chi connectivity index (χ2v) is 9.49. The van der Waals surface area contributed by atoms with Crippen molar-refractivity contribution in [3.63, 3.8) is 0 Å². The van der Waals surface area contributed by atoms with Crippen LogP contribution < -0.4 is 0 Å². The molecule has 2 aromatic rings. The maximum atomic E-state index is 12.7. The Balaban J connectivity index is 2.00. The van der Waals surface area contributed by atoms with Crippen LogP contribution in [0.4, 0.5) is 0 Å². The minimum Gasteiger partial charge on any atom is -0.456 e. The summed E-state index contributed by atoms with van der Waals surface area (Å²) >= 11 is 0. The summed E-state index contributed by atoms with van der Waals surface area (Å²) in [7, 11) is 10.5. The lowest BCUT2D eigenvalue weighted by Gasteiger charge is -2.30. The zero-order valence-corrected chi connectivity index (χ0v) is 19.3. The fourth-order valence-corrected chi connectivity index (χ4v) is 3.49. The van der Waals surface area contributed by atoms with Gasteiger partial charge in [-0.3, -0.25) is 4.79 Å². The van der Waals surface area contributed by atoms with Crippen LogP contribution in [0.1, 0.15) is 45.2 Å². The van der Waals surface area contributed by atoms with Crippen LogP contribution >= 0.6 is 0 Å². The summed E-state index contributed by atoms with van der Waals surface area (Å²) in [5.41, 5.74) is 3.46. The number of carbonyl (C=O) groups excluding carboxylic acids is 2. The first-order valence-electron chi connectivity index (χ1n) is 10.5. The van der Waals surface area contributed by atoms with Crippen molar-refractivity contribution in [2.45, 2.75) is 26.4 Å². The van der Waals surface area contributed by atoms with Gasteiger partial charge in [-0.2, -0.15) is 0 Å². The molecule has 0 aromatic heterocycles. The quantitative estimate of drug-likeness (QED) is 0.337. The van der Waals surface area contributed by atoms with Crippen LogP contribution in [0.2, 0.25) is 0 Å². The molecule has 0 spiro atoms. The first kappa shape index (κ1) is 23.8. The summed E-state index contributed by atoms with van der Waals surface area (Å²) in [6.45, 7) is 4.34. The van der Waals surface area contributed by atoms with E-state index in [0.29, 0.717) is 36.2 Å². The number of rotatable bonds is 10. The van der Waals surface area contributed by atoms with E-state index in [0.717, 1.165) is 27.7 Å². The van der Waals surface area contributed by atoms with E-state index in [9.17, 15) is 9.59 Å². The third kappa shape index (κ3) is 7.08. The van der Waals surface area contributed by atoms with Crippen molar-refractivity contribution in [2.24, 2.45) is 0 Å². The van der Waals surface area contributed by atoms with E-state index in [1.54, 1.807) is 0 Å². The van der Waals surface area contributed by atoms with Gasteiger partial charge in [0.05, 0.1) is 40.8 Å². The van der Waals surface area contributed by atoms with E-state index in [2.05, 4.69) is 35.2 Å². The predicted molar refractivity (Wildman–Crippen MR) is 120 cm³/mol. The van der Waals surface area contributed by atoms with Gasteiger partial charge in [-0.15, -0.1) is 0 Å². The molecule has 0 aliphatic heterocycles. The number of nitrogens with zero attached hydrogens (tertiary/aromatic N) is 2. The van der Waals surface area contributed by atoms with Crippen LogP contribution in [0.3, 0.4) is 0 Å². The molecule has 5 nitrogen and oxygen atoms in total. The largest absolute Gasteiger partial charge is 0.456 e. The van der Waals surface area contributed by atoms with Crippen molar-refractivity contribution < 1.29 is 23.3 Å². The van der Waals surface area contributed by atoms with E-state index in [1.165, 1.54) is 0 Å². The summed E-state index contributed by atoms with van der Waals surface area (Å²) in [5.74, 6) is -0.119. The molecule has 5 heteroatoms. The van der Waals surface area contributed by atoms with Gasteiger partial charge >= 0.3 is 5.97 Å². The Bertz CT molecular complexity index is 882. The summed E-state index contributed by atoms with van der Waals surface area (Å²) in [4.78, 5) is 24.9. The molecule has 0 N–H and O–H groups in total. The van der Waals surface area contributed by atoms with Crippen molar-refractivity contribution >= 4 is 11.8 Å². The smallest absolute Gasteiger partial charge is 0.338 e. The summed E-state index contributed by atoms with van der Waals surface area (Å²) in [5, 5.41) is 0. The lowest BCUT2D eigenvalue weighted by molar-refractivity contribution is -0.903. The van der Waals surface area contributed by atoms with Crippen molar-refractivity contribution in [3.8, 4) is 0 Å². The number of ether oxygens (including phenoxy) is 1. The van der Waals surface area contributed by atoms with Crippen molar-refractivity contribution in [1.29, 1.82) is 0 Å². The van der Waals surface area contributed by atoms with Gasteiger partial charge in [0.1, 0.15) is 26.2 Å². The molecule has 0 aliphatic carbocycles. The highest BCUT2D eigenvalue weighted by Crippen LogP contribution is 2.17. The number of benzene rings is 2. The molecule has 0 heterocycles. The van der Waals surface area contributed by atoms with Gasteiger partial charge in [0.2, 0.25) is 0 Å². The topological polar surface area (TPSA) is 43.4 Å². The molecular weight excluding hydrogens is 376 g/mol. The van der Waals surface area contributed by atoms with Crippen LogP contribution in [0, 0.1) is 0 Å². The number of quaternary nitrogens is 2. The Hall–Kier alpha value is -2.50. The first-order valence-corrected chi connectivity index (χ1v) is 10.5. The third-order valence-electron chi connectivity index (χ3n) is 5.05. The molecule has 0 bridgehead atoms. The molecule has 0 radical (unpaired) electrons. The van der Waals surface area contributed by atoms with Crippen LogP contribution in [-0.2, 0) is 17.8 Å². The van der Waals surface area contributed by atoms with Gasteiger partial charge in [0.15, 0.2) is 5.78 Å². The molecule has 0 atom stereocenters. The summed E-state index contributed by atoms with van der Waals surface area (Å²) in [6.07, 6.45) is 0.495. The normalized spacial score (nSPS) is 11.9. The van der Waals surface area contributed by atoms with Crippen LogP contribution in [-0.4, -0.2) is 69.1 Å². The van der Waals surface area contributed by atoms with E-state index in [-0.39, 0.29) is 11.8 Å². The molecule has 30 heavy (non-hydrogen) atoms. The minimum atomic E-state index is -0.277. The highest BCUT2D eigenvalue weighted by Gasteiger charge is 2.22. The van der Waals surface area contributed by atoms with Crippen LogP contribution in [0.15, 0.2) is 48.5 Å². The molecule has 0 aliphatic rings. The maximum absolute atomic E-state index is 12.7. The SMILES string of the molecule is CCC(=O)c1ccccc1C[N+](C)(C)CCOC(=O)c1ccccc1C[N+](C)(C)C. The Kier molecular flexibility index (Phi) is 7.93. The molecule has 0 saturated carbocycles. The van der Waals surface area contributed by atoms with Crippen LogP contribution in [0.25, 0.3) is 0 Å². The number of likely N-dealkylation sites (N-methyl/N-ethyl adjacent to an activating group) is 1. The second kappa shape index (κ2) is 10.0. The molecule has 0 amide bonds. The van der Waals surface area contributed by atoms with Gasteiger partial charge in [0.25, 0.3) is 0 Å². The number of ketones is 1. The van der Waals surface area contributed by atoms with Crippen molar-refractivity contribution in [2.75, 3.05) is 48.4 Å². The Morgan fingerprint density at radius 1 is 0.800 bits per heavy atom. The van der Waals surface area contributed by atoms with Gasteiger partial charge in [-0.1, -0.05) is 49.4 Å². The van der Waals surface area contributed by atoms with E-state index in [1.807, 2.05) is 55.5 Å². The fraction of sp³-hybridized carbons (Fsp3) is 0.440. The molecular formula is C25H36N2O3+2. The number of hydrogen-bond donors (Lipinski definition) is 0. The second-order valence-electron chi connectivity index (χ2n) is 9.49. The van der Waals surface area contributed by atoms with E-state index >= 15 is 0 Å². The highest BCUT2D eigenvalue weighted by atomic mass is 16.5. The summed E-state index contributed by atoms with van der Waals surface area (Å²) in [6, 6.07) is 15.4. The van der Waals surface area contributed by atoms with E-state index in [4.69, 9.17) is 4.74 Å². The fourth-order valence-electron chi connectivity index (χ4n) is 3.49. The molecule has 2 rings (SSSR count). The number of carbonyl (C=O) groups is 2. The lowest BCUT2D eigenvalue weighted by atomic mass is 10.0. The van der Waals surface area contributed by atoms with Crippen molar-refractivity contribution in [3.05, 3.63) is 70.8 Å². The average molecular weight is 413 g/mol. The standard InChI is InChI=1S/C25H36N2O3/c1-7-24(28)22-14-10-8-13-21(22)19-27(5,6)16-17-30-25(29)23-15-11-9-12-20(23)18-26(2,3)4/h8-15H,7,16-19H2,1-6H3/q+2. The number of Topliss-reactive ketones (excluding diaryl/α,β-unsaturated/α-hetero) is 1. The molecule has 0 saturated heterocycles. The highest BCUT2D eigenvalue weighted by molar-refractivity contribution is 5.97. The first-order chi connectivity index (χ1) is 14.0. The monoisotopic (exact) mass is 412 g/mol. The van der Waals surface area contributed by atoms with Gasteiger partial charge < -0.3 is 13.7 Å². The Labute approximate surface area is 181 Å². The van der Waals surface area contributed by atoms with Crippen molar-refractivity contribution in [1.82, 2.24) is 0 Å². The molecule has 0 fully saturated rings. The Morgan fingerprint density at radius 2 is 1.33 bits per heavy atom. The number of esters is 1. The van der Waals surface area contributed by atoms with E-state index < -0.39 is 0 Å².